The van der Waals surface area contributed by atoms with E-state index >= 15 is 0 Å². The first-order chi connectivity index (χ1) is 9.30. The summed E-state index contributed by atoms with van der Waals surface area (Å²) in [6.07, 6.45) is -3.57. The largest absolute Gasteiger partial charge is 0.491 e. The summed E-state index contributed by atoms with van der Waals surface area (Å²) in [6.45, 7) is 5.06. The van der Waals surface area contributed by atoms with E-state index in [-0.39, 0.29) is 24.7 Å². The maximum Gasteiger partial charge on any atom is 0.420 e. The van der Waals surface area contributed by atoms with Crippen molar-refractivity contribution in [3.63, 3.8) is 0 Å². The lowest BCUT2D eigenvalue weighted by atomic mass is 10.1. The summed E-state index contributed by atoms with van der Waals surface area (Å²) in [5.41, 5.74) is 4.56. The molecule has 0 spiro atoms. The van der Waals surface area contributed by atoms with E-state index in [9.17, 15) is 13.2 Å². The van der Waals surface area contributed by atoms with Gasteiger partial charge in [0, 0.05) is 12.3 Å². The number of hydrogen-bond acceptors (Lipinski definition) is 3. The minimum absolute atomic E-state index is 0.0536. The molecule has 0 bridgehead atoms. The monoisotopic (exact) mass is 291 g/mol. The summed E-state index contributed by atoms with van der Waals surface area (Å²) >= 11 is 0. The van der Waals surface area contributed by atoms with Crippen molar-refractivity contribution in [3.8, 4) is 5.75 Å². The van der Waals surface area contributed by atoms with E-state index in [1.807, 2.05) is 0 Å². The van der Waals surface area contributed by atoms with Crippen molar-refractivity contribution in [1.29, 1.82) is 0 Å². The second-order valence-electron chi connectivity index (χ2n) is 4.90. The molecule has 0 amide bonds. The molecule has 0 unspecified atom stereocenters. The number of ether oxygens (including phenoxy) is 2. The van der Waals surface area contributed by atoms with Crippen molar-refractivity contribution in [1.82, 2.24) is 0 Å². The molecule has 3 nitrogen and oxygen atoms in total. The Bertz CT molecular complexity index is 419. The Balaban J connectivity index is 2.48. The molecule has 0 aliphatic carbocycles. The van der Waals surface area contributed by atoms with Gasteiger partial charge in [-0.05, 0) is 30.5 Å². The number of nitrogens with two attached hydrogens (primary N) is 1. The Morgan fingerprint density at radius 3 is 2.45 bits per heavy atom. The van der Waals surface area contributed by atoms with Crippen molar-refractivity contribution in [2.24, 2.45) is 5.92 Å². The molecule has 0 atom stereocenters. The summed E-state index contributed by atoms with van der Waals surface area (Å²) in [5.74, 6) is 0.309. The van der Waals surface area contributed by atoms with Crippen LogP contribution < -0.4 is 10.5 Å². The minimum Gasteiger partial charge on any atom is -0.491 e. The molecule has 6 heteroatoms. The summed E-state index contributed by atoms with van der Waals surface area (Å²) in [6, 6.07) is 3.48. The minimum atomic E-state index is -4.48. The Kier molecular flexibility index (Phi) is 6.13. The van der Waals surface area contributed by atoms with Crippen LogP contribution in [-0.2, 0) is 10.9 Å². The van der Waals surface area contributed by atoms with Gasteiger partial charge in [-0.15, -0.1) is 0 Å². The second-order valence-corrected chi connectivity index (χ2v) is 4.90. The molecule has 1 aromatic rings. The average molecular weight is 291 g/mol. The molecule has 0 aliphatic rings. The van der Waals surface area contributed by atoms with E-state index in [2.05, 4.69) is 13.8 Å². The van der Waals surface area contributed by atoms with Crippen LogP contribution in [0.1, 0.15) is 25.8 Å². The molecule has 0 heterocycles. The zero-order valence-corrected chi connectivity index (χ0v) is 11.7. The van der Waals surface area contributed by atoms with Gasteiger partial charge < -0.3 is 15.2 Å². The van der Waals surface area contributed by atoms with Crippen LogP contribution >= 0.6 is 0 Å². The normalized spacial score (nSPS) is 11.9. The summed E-state index contributed by atoms with van der Waals surface area (Å²) in [7, 11) is 0. The molecule has 1 aromatic carbocycles. The number of anilines is 1. The molecular formula is C14H20F3NO2. The molecule has 0 radical (unpaired) electrons. The number of halogens is 3. The fraction of sp³-hybridized carbons (Fsp3) is 0.571. The van der Waals surface area contributed by atoms with Crippen molar-refractivity contribution < 1.29 is 22.6 Å². The zero-order valence-electron chi connectivity index (χ0n) is 11.7. The first kappa shape index (κ1) is 16.6. The molecule has 0 saturated carbocycles. The molecule has 2 N–H and O–H groups in total. The maximum absolute atomic E-state index is 12.8. The fourth-order valence-corrected chi connectivity index (χ4v) is 1.53. The lowest BCUT2D eigenvalue weighted by Gasteiger charge is -2.14. The van der Waals surface area contributed by atoms with Crippen LogP contribution in [0.25, 0.3) is 0 Å². The third kappa shape index (κ3) is 5.69. The van der Waals surface area contributed by atoms with E-state index in [1.165, 1.54) is 12.1 Å². The third-order valence-corrected chi connectivity index (χ3v) is 2.63. The van der Waals surface area contributed by atoms with Crippen LogP contribution in [-0.4, -0.2) is 19.8 Å². The number of hydrogen-bond donors (Lipinski definition) is 1. The molecular weight excluding hydrogens is 271 g/mol. The van der Waals surface area contributed by atoms with Gasteiger partial charge in [-0.2, -0.15) is 13.2 Å². The van der Waals surface area contributed by atoms with Gasteiger partial charge in [0.15, 0.2) is 0 Å². The zero-order chi connectivity index (χ0) is 15.2. The lowest BCUT2D eigenvalue weighted by Crippen LogP contribution is -2.13. The summed E-state index contributed by atoms with van der Waals surface area (Å²) < 4.78 is 48.8. The predicted octanol–water partition coefficient (Wildman–Crippen LogP) is 3.73. The van der Waals surface area contributed by atoms with E-state index in [0.717, 1.165) is 12.5 Å². The van der Waals surface area contributed by atoms with Gasteiger partial charge in [0.05, 0.1) is 12.2 Å². The molecule has 20 heavy (non-hydrogen) atoms. The van der Waals surface area contributed by atoms with Gasteiger partial charge >= 0.3 is 6.18 Å². The topological polar surface area (TPSA) is 44.5 Å². The predicted molar refractivity (Wildman–Crippen MR) is 71.6 cm³/mol. The Morgan fingerprint density at radius 1 is 1.15 bits per heavy atom. The van der Waals surface area contributed by atoms with Crippen molar-refractivity contribution in [2.75, 3.05) is 25.6 Å². The number of benzene rings is 1. The van der Waals surface area contributed by atoms with E-state index < -0.39 is 11.7 Å². The quantitative estimate of drug-likeness (QED) is 0.615. The number of nitrogen functional groups attached to an aromatic ring is 1. The number of alkyl halides is 3. The van der Waals surface area contributed by atoms with Gasteiger partial charge in [0.2, 0.25) is 0 Å². The standard InChI is InChI=1S/C14H20F3NO2/c1-10(2)5-6-19-7-8-20-13-4-3-11(18)9-12(13)14(15,16)17/h3-4,9-10H,5-8,18H2,1-2H3. The highest BCUT2D eigenvalue weighted by molar-refractivity contribution is 5.49. The average Bonchev–Trinajstić information content (AvgIpc) is 2.33. The van der Waals surface area contributed by atoms with Crippen LogP contribution in [0.3, 0.4) is 0 Å². The van der Waals surface area contributed by atoms with E-state index in [1.54, 1.807) is 0 Å². The van der Waals surface area contributed by atoms with E-state index in [0.29, 0.717) is 12.5 Å². The first-order valence-electron chi connectivity index (χ1n) is 6.48. The highest BCUT2D eigenvalue weighted by Gasteiger charge is 2.34. The third-order valence-electron chi connectivity index (χ3n) is 2.63. The Hall–Kier alpha value is -1.43. The first-order valence-corrected chi connectivity index (χ1v) is 6.48. The molecule has 0 fully saturated rings. The highest BCUT2D eigenvalue weighted by atomic mass is 19.4. The molecule has 114 valence electrons. The SMILES string of the molecule is CC(C)CCOCCOc1ccc(N)cc1C(F)(F)F. The molecule has 1 rings (SSSR count). The van der Waals surface area contributed by atoms with Gasteiger partial charge in [0.25, 0.3) is 0 Å². The van der Waals surface area contributed by atoms with Gasteiger partial charge in [0.1, 0.15) is 12.4 Å². The van der Waals surface area contributed by atoms with Crippen LogP contribution in [0.5, 0.6) is 5.75 Å². The Morgan fingerprint density at radius 2 is 1.85 bits per heavy atom. The summed E-state index contributed by atoms with van der Waals surface area (Å²) in [5, 5.41) is 0. The van der Waals surface area contributed by atoms with Gasteiger partial charge in [-0.25, -0.2) is 0 Å². The van der Waals surface area contributed by atoms with Crippen molar-refractivity contribution >= 4 is 5.69 Å². The maximum atomic E-state index is 12.8. The fourth-order valence-electron chi connectivity index (χ4n) is 1.53. The molecule has 0 aliphatic heterocycles. The van der Waals surface area contributed by atoms with E-state index in [4.69, 9.17) is 15.2 Å². The van der Waals surface area contributed by atoms with Crippen molar-refractivity contribution in [2.45, 2.75) is 26.4 Å². The lowest BCUT2D eigenvalue weighted by molar-refractivity contribution is -0.139. The second kappa shape index (κ2) is 7.38. The highest BCUT2D eigenvalue weighted by Crippen LogP contribution is 2.37. The van der Waals surface area contributed by atoms with Crippen LogP contribution in [0.4, 0.5) is 18.9 Å². The Labute approximate surface area is 116 Å². The summed E-state index contributed by atoms with van der Waals surface area (Å²) in [4.78, 5) is 0. The smallest absolute Gasteiger partial charge is 0.420 e. The van der Waals surface area contributed by atoms with Crippen LogP contribution in [0.15, 0.2) is 18.2 Å². The molecule has 0 aromatic heterocycles. The van der Waals surface area contributed by atoms with Crippen molar-refractivity contribution in [3.05, 3.63) is 23.8 Å². The van der Waals surface area contributed by atoms with Crippen LogP contribution in [0.2, 0.25) is 0 Å². The van der Waals surface area contributed by atoms with Crippen LogP contribution in [0, 0.1) is 5.92 Å². The molecule has 0 saturated heterocycles. The number of rotatable bonds is 7. The van der Waals surface area contributed by atoms with Gasteiger partial charge in [-0.3, -0.25) is 0 Å². The van der Waals surface area contributed by atoms with Gasteiger partial charge in [-0.1, -0.05) is 13.8 Å².